The number of benzene rings is 1. The van der Waals surface area contributed by atoms with Gasteiger partial charge in [-0.2, -0.15) is 0 Å². The van der Waals surface area contributed by atoms with Gasteiger partial charge in [-0.05, 0) is 32.9 Å². The van der Waals surface area contributed by atoms with E-state index in [-0.39, 0.29) is 48.9 Å². The summed E-state index contributed by atoms with van der Waals surface area (Å²) in [7, 11) is 0. The zero-order chi connectivity index (χ0) is 17.2. The number of hydrogen-bond acceptors (Lipinski definition) is 5. The quantitative estimate of drug-likeness (QED) is 0.183. The van der Waals surface area contributed by atoms with Crippen LogP contribution < -0.4 is 15.4 Å². The number of aliphatic hydroxyl groups excluding tert-OH is 1. The summed E-state index contributed by atoms with van der Waals surface area (Å²) in [4.78, 5) is 14.4. The van der Waals surface area contributed by atoms with E-state index in [1.807, 2.05) is 20.8 Å². The van der Waals surface area contributed by atoms with Gasteiger partial charge in [0.15, 0.2) is 5.96 Å². The zero-order valence-electron chi connectivity index (χ0n) is 14.1. The highest BCUT2D eigenvalue weighted by Gasteiger charge is 2.08. The Morgan fingerprint density at radius 3 is 2.50 bits per heavy atom. The van der Waals surface area contributed by atoms with E-state index in [4.69, 9.17) is 4.74 Å². The lowest BCUT2D eigenvalue weighted by atomic mass is 10.3. The average Bonchev–Trinajstić information content (AvgIpc) is 2.50. The molecular weight excluding hydrogens is 427 g/mol. The maximum atomic E-state index is 10.6. The minimum Gasteiger partial charge on any atom is -0.491 e. The first-order chi connectivity index (χ1) is 10.9. The van der Waals surface area contributed by atoms with E-state index in [9.17, 15) is 15.2 Å². The van der Waals surface area contributed by atoms with Gasteiger partial charge >= 0.3 is 0 Å². The van der Waals surface area contributed by atoms with Gasteiger partial charge in [0.25, 0.3) is 5.69 Å². The summed E-state index contributed by atoms with van der Waals surface area (Å²) in [6.45, 7) is 6.94. The van der Waals surface area contributed by atoms with Crippen LogP contribution in [0.3, 0.4) is 0 Å². The highest BCUT2D eigenvalue weighted by atomic mass is 127. The third-order valence-corrected chi connectivity index (χ3v) is 2.72. The van der Waals surface area contributed by atoms with Crippen molar-refractivity contribution in [3.05, 3.63) is 34.4 Å². The molecule has 0 radical (unpaired) electrons. The molecule has 136 valence electrons. The van der Waals surface area contributed by atoms with Crippen molar-refractivity contribution in [2.24, 2.45) is 4.99 Å². The molecular formula is C15H25IN4O4. The van der Waals surface area contributed by atoms with Gasteiger partial charge in [0, 0.05) is 24.7 Å². The second kappa shape index (κ2) is 11.8. The van der Waals surface area contributed by atoms with Gasteiger partial charge in [-0.25, -0.2) is 0 Å². The highest BCUT2D eigenvalue weighted by molar-refractivity contribution is 14.0. The third kappa shape index (κ3) is 8.87. The average molecular weight is 452 g/mol. The van der Waals surface area contributed by atoms with Crippen LogP contribution in [0.5, 0.6) is 5.75 Å². The van der Waals surface area contributed by atoms with E-state index in [0.717, 1.165) is 6.54 Å². The smallest absolute Gasteiger partial charge is 0.269 e. The lowest BCUT2D eigenvalue weighted by Gasteiger charge is -2.15. The number of guanidine groups is 1. The molecule has 1 unspecified atom stereocenters. The number of halogens is 1. The summed E-state index contributed by atoms with van der Waals surface area (Å²) in [5, 5.41) is 26.7. The molecule has 0 aliphatic heterocycles. The second-order valence-electron chi connectivity index (χ2n) is 5.23. The van der Waals surface area contributed by atoms with Gasteiger partial charge in [0.2, 0.25) is 0 Å². The molecule has 0 saturated carbocycles. The van der Waals surface area contributed by atoms with Crippen LogP contribution in [0.1, 0.15) is 20.8 Å². The summed E-state index contributed by atoms with van der Waals surface area (Å²) < 4.78 is 5.39. The monoisotopic (exact) mass is 452 g/mol. The molecule has 3 N–H and O–H groups in total. The lowest BCUT2D eigenvalue weighted by Crippen LogP contribution is -2.41. The van der Waals surface area contributed by atoms with Gasteiger partial charge in [-0.15, -0.1) is 24.0 Å². The molecule has 1 atom stereocenters. The number of aliphatic hydroxyl groups is 1. The van der Waals surface area contributed by atoms with Gasteiger partial charge in [0.05, 0.1) is 11.5 Å². The maximum absolute atomic E-state index is 10.6. The van der Waals surface area contributed by atoms with Crippen molar-refractivity contribution in [1.29, 1.82) is 0 Å². The van der Waals surface area contributed by atoms with Crippen LogP contribution in [-0.2, 0) is 0 Å². The molecule has 0 aliphatic carbocycles. The van der Waals surface area contributed by atoms with Gasteiger partial charge in [-0.3, -0.25) is 15.1 Å². The molecule has 9 heteroatoms. The lowest BCUT2D eigenvalue weighted by molar-refractivity contribution is -0.384. The summed E-state index contributed by atoms with van der Waals surface area (Å²) in [6.07, 6.45) is -0.771. The van der Waals surface area contributed by atoms with Crippen LogP contribution in [0.4, 0.5) is 5.69 Å². The molecule has 0 saturated heterocycles. The fourth-order valence-corrected chi connectivity index (χ4v) is 1.70. The van der Waals surface area contributed by atoms with Crippen LogP contribution >= 0.6 is 24.0 Å². The topological polar surface area (TPSA) is 109 Å². The van der Waals surface area contributed by atoms with Crippen LogP contribution in [0.25, 0.3) is 0 Å². The Hall–Kier alpha value is -1.62. The first kappa shape index (κ1) is 22.4. The van der Waals surface area contributed by atoms with E-state index in [2.05, 4.69) is 15.6 Å². The van der Waals surface area contributed by atoms with Crippen LogP contribution in [0.2, 0.25) is 0 Å². The Morgan fingerprint density at radius 2 is 2.00 bits per heavy atom. The van der Waals surface area contributed by atoms with Crippen molar-refractivity contribution in [2.75, 3.05) is 19.7 Å². The molecule has 0 heterocycles. The molecule has 0 aromatic heterocycles. The summed E-state index contributed by atoms with van der Waals surface area (Å²) >= 11 is 0. The predicted molar refractivity (Wildman–Crippen MR) is 104 cm³/mol. The van der Waals surface area contributed by atoms with Crippen molar-refractivity contribution in [1.82, 2.24) is 10.6 Å². The molecule has 1 aromatic rings. The number of non-ortho nitro benzene ring substituents is 1. The molecule has 0 spiro atoms. The molecule has 0 bridgehead atoms. The maximum Gasteiger partial charge on any atom is 0.269 e. The van der Waals surface area contributed by atoms with Crippen molar-refractivity contribution < 1.29 is 14.8 Å². The number of nitro groups is 1. The molecule has 8 nitrogen and oxygen atoms in total. The van der Waals surface area contributed by atoms with Gasteiger partial charge in [-0.1, -0.05) is 0 Å². The van der Waals surface area contributed by atoms with E-state index in [1.165, 1.54) is 24.3 Å². The van der Waals surface area contributed by atoms with Crippen molar-refractivity contribution in [2.45, 2.75) is 32.9 Å². The predicted octanol–water partition coefficient (Wildman–Crippen LogP) is 1.92. The van der Waals surface area contributed by atoms with Crippen LogP contribution in [0, 0.1) is 10.1 Å². The van der Waals surface area contributed by atoms with E-state index < -0.39 is 11.0 Å². The van der Waals surface area contributed by atoms with Crippen molar-refractivity contribution in [3.63, 3.8) is 0 Å². The minimum atomic E-state index is -0.771. The molecule has 1 aromatic carbocycles. The first-order valence-electron chi connectivity index (χ1n) is 7.52. The van der Waals surface area contributed by atoms with Crippen LogP contribution in [-0.4, -0.2) is 47.8 Å². The number of aliphatic imine (C=N–C) groups is 1. The van der Waals surface area contributed by atoms with Crippen molar-refractivity contribution in [3.8, 4) is 5.75 Å². The highest BCUT2D eigenvalue weighted by Crippen LogP contribution is 2.17. The summed E-state index contributed by atoms with van der Waals surface area (Å²) in [6, 6.07) is 5.95. The molecule has 1 rings (SSSR count). The Balaban J connectivity index is 0.00000529. The van der Waals surface area contributed by atoms with Crippen LogP contribution in [0.15, 0.2) is 29.3 Å². The summed E-state index contributed by atoms with van der Waals surface area (Å²) in [5.41, 5.74) is -0.00228. The number of rotatable bonds is 8. The van der Waals surface area contributed by atoms with Gasteiger partial charge in [0.1, 0.15) is 18.5 Å². The van der Waals surface area contributed by atoms with E-state index in [0.29, 0.717) is 11.7 Å². The first-order valence-corrected chi connectivity index (χ1v) is 7.52. The Labute approximate surface area is 158 Å². The van der Waals surface area contributed by atoms with Crippen molar-refractivity contribution >= 4 is 35.6 Å². The van der Waals surface area contributed by atoms with Gasteiger partial charge < -0.3 is 20.5 Å². The molecule has 0 amide bonds. The zero-order valence-corrected chi connectivity index (χ0v) is 16.4. The fraction of sp³-hybridized carbons (Fsp3) is 0.533. The molecule has 24 heavy (non-hydrogen) atoms. The number of hydrogen-bond donors (Lipinski definition) is 3. The second-order valence-corrected chi connectivity index (χ2v) is 5.23. The largest absolute Gasteiger partial charge is 0.491 e. The molecule has 0 fully saturated rings. The standard InChI is InChI=1S/C15H24N4O4.HI/c1-4-16-15(18-11(2)3)17-9-13(20)10-23-14-7-5-12(6-8-14)19(21)22;/h5-8,11,13,20H,4,9-10H2,1-3H3,(H2,16,17,18);1H. The third-order valence-electron chi connectivity index (χ3n) is 2.72. The SMILES string of the molecule is CCNC(=NCC(O)COc1ccc([N+](=O)[O-])cc1)NC(C)C.I. The Morgan fingerprint density at radius 1 is 1.38 bits per heavy atom. The van der Waals surface area contributed by atoms with E-state index >= 15 is 0 Å². The number of nitrogens with zero attached hydrogens (tertiary/aromatic N) is 2. The normalized spacial score (nSPS) is 12.3. The fourth-order valence-electron chi connectivity index (χ4n) is 1.70. The number of ether oxygens (including phenoxy) is 1. The summed E-state index contributed by atoms with van der Waals surface area (Å²) in [5.74, 6) is 1.10. The Kier molecular flexibility index (Phi) is 11.0. The molecule has 0 aliphatic rings. The number of nitrogens with one attached hydrogen (secondary N) is 2. The Bertz CT molecular complexity index is 523. The van der Waals surface area contributed by atoms with E-state index in [1.54, 1.807) is 0 Å². The minimum absolute atomic E-state index is 0. The number of nitro benzene ring substituents is 1.